The van der Waals surface area contributed by atoms with E-state index >= 15 is 0 Å². The molecule has 0 fully saturated rings. The van der Waals surface area contributed by atoms with Crippen LogP contribution in [0.15, 0.2) is 33.5 Å². The fraction of sp³-hybridized carbons (Fsp3) is 0.529. The van der Waals surface area contributed by atoms with Crippen LogP contribution in [-0.4, -0.2) is 22.7 Å². The lowest BCUT2D eigenvalue weighted by Crippen LogP contribution is -2.17. The molecule has 144 valence electrons. The van der Waals surface area contributed by atoms with Crippen LogP contribution < -0.4 is 15.2 Å². The van der Waals surface area contributed by atoms with Gasteiger partial charge < -0.3 is 13.9 Å². The lowest BCUT2D eigenvalue weighted by molar-refractivity contribution is -0.274. The number of ether oxygens (including phenoxy) is 2. The molecular formula is C17H21F3N2O4. The Morgan fingerprint density at radius 3 is 2.38 bits per heavy atom. The van der Waals surface area contributed by atoms with E-state index in [0.29, 0.717) is 6.61 Å². The predicted molar refractivity (Wildman–Crippen MR) is 87.7 cm³/mol. The van der Waals surface area contributed by atoms with Crippen molar-refractivity contribution in [1.29, 1.82) is 0 Å². The lowest BCUT2D eigenvalue weighted by Gasteiger charge is -2.08. The molecule has 0 saturated heterocycles. The van der Waals surface area contributed by atoms with Gasteiger partial charge in [-0.2, -0.15) is 4.68 Å². The molecule has 0 saturated carbocycles. The SMILES string of the molecule is CCCCCCCCOc1nn(-c2ccc(OC(F)(F)F)cc2)c(=O)o1. The van der Waals surface area contributed by atoms with E-state index in [4.69, 9.17) is 9.15 Å². The largest absolute Gasteiger partial charge is 0.573 e. The van der Waals surface area contributed by atoms with Crippen LogP contribution >= 0.6 is 0 Å². The summed E-state index contributed by atoms with van der Waals surface area (Å²) in [6.45, 7) is 2.53. The van der Waals surface area contributed by atoms with Gasteiger partial charge in [-0.1, -0.05) is 44.1 Å². The van der Waals surface area contributed by atoms with Gasteiger partial charge in [-0.05, 0) is 30.7 Å². The van der Waals surface area contributed by atoms with Gasteiger partial charge in [0, 0.05) is 0 Å². The van der Waals surface area contributed by atoms with Crippen LogP contribution in [0, 0.1) is 0 Å². The second-order valence-electron chi connectivity index (χ2n) is 5.70. The molecule has 2 aromatic rings. The lowest BCUT2D eigenvalue weighted by atomic mass is 10.1. The Balaban J connectivity index is 1.88. The first-order chi connectivity index (χ1) is 12.4. The minimum Gasteiger partial charge on any atom is -0.449 e. The van der Waals surface area contributed by atoms with E-state index in [9.17, 15) is 18.0 Å². The van der Waals surface area contributed by atoms with Gasteiger partial charge in [0.15, 0.2) is 0 Å². The van der Waals surface area contributed by atoms with Crippen molar-refractivity contribution in [2.24, 2.45) is 0 Å². The molecule has 6 nitrogen and oxygen atoms in total. The van der Waals surface area contributed by atoms with E-state index in [2.05, 4.69) is 16.8 Å². The summed E-state index contributed by atoms with van der Waals surface area (Å²) in [6, 6.07) is 4.70. The Labute approximate surface area is 148 Å². The maximum absolute atomic E-state index is 12.1. The first-order valence-electron chi connectivity index (χ1n) is 8.48. The van der Waals surface area contributed by atoms with Gasteiger partial charge in [-0.15, -0.1) is 13.2 Å². The Morgan fingerprint density at radius 1 is 1.08 bits per heavy atom. The third kappa shape index (κ3) is 6.45. The molecule has 26 heavy (non-hydrogen) atoms. The van der Waals surface area contributed by atoms with Gasteiger partial charge in [0.25, 0.3) is 0 Å². The van der Waals surface area contributed by atoms with Gasteiger partial charge in [0.1, 0.15) is 5.75 Å². The van der Waals surface area contributed by atoms with E-state index < -0.39 is 17.9 Å². The summed E-state index contributed by atoms with van der Waals surface area (Å²) in [7, 11) is 0. The molecule has 1 aromatic heterocycles. The highest BCUT2D eigenvalue weighted by atomic mass is 19.4. The minimum absolute atomic E-state index is 0.167. The number of nitrogens with zero attached hydrogens (tertiary/aromatic N) is 2. The minimum atomic E-state index is -4.77. The van der Waals surface area contributed by atoms with Crippen molar-refractivity contribution in [2.45, 2.75) is 51.8 Å². The molecule has 9 heteroatoms. The fourth-order valence-corrected chi connectivity index (χ4v) is 2.31. The zero-order valence-electron chi connectivity index (χ0n) is 14.4. The topological polar surface area (TPSA) is 66.5 Å². The Hall–Kier alpha value is -2.45. The quantitative estimate of drug-likeness (QED) is 0.574. The van der Waals surface area contributed by atoms with Crippen LogP contribution in [0.4, 0.5) is 13.2 Å². The van der Waals surface area contributed by atoms with Gasteiger partial charge >= 0.3 is 18.2 Å². The molecule has 1 heterocycles. The normalized spacial score (nSPS) is 11.5. The van der Waals surface area contributed by atoms with Crippen molar-refractivity contribution < 1.29 is 27.1 Å². The summed E-state index contributed by atoms with van der Waals surface area (Å²) in [5.74, 6) is -1.18. The number of hydrogen-bond acceptors (Lipinski definition) is 5. The number of hydrogen-bond donors (Lipinski definition) is 0. The molecule has 0 aliphatic heterocycles. The highest BCUT2D eigenvalue weighted by Crippen LogP contribution is 2.23. The second kappa shape index (κ2) is 9.30. The molecule has 0 radical (unpaired) electrons. The molecule has 0 N–H and O–H groups in total. The van der Waals surface area contributed by atoms with E-state index in [0.717, 1.165) is 36.1 Å². The standard InChI is InChI=1S/C17H21F3N2O4/c1-2-3-4-5-6-7-12-24-15-21-22(16(23)25-15)13-8-10-14(11-9-13)26-17(18,19)20/h8-11H,2-7,12H2,1H3. The van der Waals surface area contributed by atoms with Crippen molar-refractivity contribution in [3.63, 3.8) is 0 Å². The number of aromatic nitrogens is 2. The molecule has 2 rings (SSSR count). The highest BCUT2D eigenvalue weighted by molar-refractivity contribution is 5.36. The molecule has 0 amide bonds. The zero-order chi connectivity index (χ0) is 19.0. The molecule has 1 aromatic carbocycles. The number of unbranched alkanes of at least 4 members (excludes halogenated alkanes) is 5. The molecule has 0 atom stereocenters. The smallest absolute Gasteiger partial charge is 0.449 e. The van der Waals surface area contributed by atoms with Gasteiger partial charge in [0.05, 0.1) is 12.3 Å². The third-order valence-electron chi connectivity index (χ3n) is 3.57. The van der Waals surface area contributed by atoms with Gasteiger partial charge in [-0.25, -0.2) is 4.79 Å². The number of rotatable bonds is 10. The fourth-order valence-electron chi connectivity index (χ4n) is 2.31. The second-order valence-corrected chi connectivity index (χ2v) is 5.70. The maximum atomic E-state index is 12.1. The van der Waals surface area contributed by atoms with Crippen LogP contribution in [0.5, 0.6) is 11.8 Å². The maximum Gasteiger partial charge on any atom is 0.573 e. The average Bonchev–Trinajstić information content (AvgIpc) is 2.94. The van der Waals surface area contributed by atoms with Crippen molar-refractivity contribution in [1.82, 2.24) is 9.78 Å². The van der Waals surface area contributed by atoms with E-state index in [1.54, 1.807) is 0 Å². The monoisotopic (exact) mass is 374 g/mol. The number of halogens is 3. The van der Waals surface area contributed by atoms with Crippen molar-refractivity contribution in [2.75, 3.05) is 6.61 Å². The summed E-state index contributed by atoms with van der Waals surface area (Å²) in [5.41, 5.74) is 0.239. The third-order valence-corrected chi connectivity index (χ3v) is 3.57. The van der Waals surface area contributed by atoms with Crippen LogP contribution in [0.3, 0.4) is 0 Å². The highest BCUT2D eigenvalue weighted by Gasteiger charge is 2.31. The van der Waals surface area contributed by atoms with E-state index in [1.807, 2.05) is 0 Å². The number of alkyl halides is 3. The summed E-state index contributed by atoms with van der Waals surface area (Å²) in [5, 5.41) is 3.88. The zero-order valence-corrected chi connectivity index (χ0v) is 14.4. The Bertz CT molecular complexity index is 723. The van der Waals surface area contributed by atoms with Crippen molar-refractivity contribution in [3.05, 3.63) is 34.8 Å². The van der Waals surface area contributed by atoms with Gasteiger partial charge in [0.2, 0.25) is 0 Å². The summed E-state index contributed by atoms with van der Waals surface area (Å²) >= 11 is 0. The number of benzene rings is 1. The van der Waals surface area contributed by atoms with Crippen molar-refractivity contribution >= 4 is 0 Å². The Morgan fingerprint density at radius 2 is 1.73 bits per heavy atom. The van der Waals surface area contributed by atoms with Gasteiger partial charge in [-0.3, -0.25) is 0 Å². The van der Waals surface area contributed by atoms with Crippen LogP contribution in [-0.2, 0) is 0 Å². The van der Waals surface area contributed by atoms with E-state index in [-0.39, 0.29) is 11.8 Å². The average molecular weight is 374 g/mol. The molecule has 0 bridgehead atoms. The van der Waals surface area contributed by atoms with Crippen LogP contribution in [0.2, 0.25) is 0 Å². The Kier molecular flexibility index (Phi) is 7.11. The predicted octanol–water partition coefficient (Wildman–Crippen LogP) is 4.46. The molecule has 0 spiro atoms. The molecule has 0 unspecified atom stereocenters. The summed E-state index contributed by atoms with van der Waals surface area (Å²) < 4.78 is 51.3. The molecule has 0 aliphatic carbocycles. The first kappa shape index (κ1) is 19.9. The first-order valence-corrected chi connectivity index (χ1v) is 8.48. The van der Waals surface area contributed by atoms with E-state index in [1.165, 1.54) is 31.4 Å². The van der Waals surface area contributed by atoms with Crippen LogP contribution in [0.25, 0.3) is 5.69 Å². The summed E-state index contributed by atoms with van der Waals surface area (Å²) in [6.07, 6.45) is 1.62. The summed E-state index contributed by atoms with van der Waals surface area (Å²) in [4.78, 5) is 11.8. The van der Waals surface area contributed by atoms with Crippen LogP contribution in [0.1, 0.15) is 45.4 Å². The van der Waals surface area contributed by atoms with Crippen molar-refractivity contribution in [3.8, 4) is 17.5 Å². The molecular weight excluding hydrogens is 353 g/mol. The molecule has 0 aliphatic rings.